The average molecular weight is 496 g/mol. The summed E-state index contributed by atoms with van der Waals surface area (Å²) < 4.78 is 22.5. The second-order valence-electron chi connectivity index (χ2n) is 9.41. The molecule has 0 unspecified atom stereocenters. The Hall–Kier alpha value is -3.46. The van der Waals surface area contributed by atoms with Crippen LogP contribution in [0.3, 0.4) is 0 Å². The van der Waals surface area contributed by atoms with E-state index in [4.69, 9.17) is 18.9 Å². The van der Waals surface area contributed by atoms with Crippen molar-refractivity contribution in [1.29, 1.82) is 0 Å². The van der Waals surface area contributed by atoms with Gasteiger partial charge in [-0.3, -0.25) is 14.5 Å². The largest absolute Gasteiger partial charge is 0.486 e. The van der Waals surface area contributed by atoms with Gasteiger partial charge in [0.25, 0.3) is 0 Å². The highest BCUT2D eigenvalue weighted by atomic mass is 16.6. The molecule has 1 saturated carbocycles. The predicted molar refractivity (Wildman–Crippen MR) is 134 cm³/mol. The van der Waals surface area contributed by atoms with Gasteiger partial charge in [0, 0.05) is 11.8 Å². The molecule has 0 radical (unpaired) electrons. The Morgan fingerprint density at radius 1 is 0.806 bits per heavy atom. The highest BCUT2D eigenvalue weighted by Gasteiger charge is 2.38. The lowest BCUT2D eigenvalue weighted by molar-refractivity contribution is -0.125. The van der Waals surface area contributed by atoms with Crippen molar-refractivity contribution >= 4 is 17.5 Å². The van der Waals surface area contributed by atoms with Gasteiger partial charge >= 0.3 is 0 Å². The molecular formula is C27H33N3O6. The number of hydrogen-bond donors (Lipinski definition) is 2. The zero-order valence-corrected chi connectivity index (χ0v) is 20.6. The van der Waals surface area contributed by atoms with E-state index < -0.39 is 5.54 Å². The first-order chi connectivity index (χ1) is 17.5. The Morgan fingerprint density at radius 2 is 1.39 bits per heavy atom. The molecule has 2 heterocycles. The maximum atomic E-state index is 13.2. The quantitative estimate of drug-likeness (QED) is 0.581. The van der Waals surface area contributed by atoms with E-state index in [2.05, 4.69) is 10.6 Å². The number of hydrogen-bond acceptors (Lipinski definition) is 7. The van der Waals surface area contributed by atoms with E-state index in [9.17, 15) is 9.59 Å². The number of likely N-dealkylation sites (N-methyl/N-ethyl adjacent to an activating group) is 1. The van der Waals surface area contributed by atoms with Gasteiger partial charge in [-0.2, -0.15) is 0 Å². The lowest BCUT2D eigenvalue weighted by Gasteiger charge is -2.33. The minimum Gasteiger partial charge on any atom is -0.486 e. The summed E-state index contributed by atoms with van der Waals surface area (Å²) in [5, 5.41) is 6.19. The maximum Gasteiger partial charge on any atom is 0.238 e. The van der Waals surface area contributed by atoms with Gasteiger partial charge < -0.3 is 29.6 Å². The molecule has 0 spiro atoms. The number of carbonyl (C=O) groups excluding carboxylic acids is 2. The molecule has 9 heteroatoms. The first-order valence-corrected chi connectivity index (χ1v) is 12.7. The van der Waals surface area contributed by atoms with Gasteiger partial charge in [-0.05, 0) is 49.2 Å². The fourth-order valence-corrected chi connectivity index (χ4v) is 5.12. The van der Waals surface area contributed by atoms with Gasteiger partial charge in [-0.15, -0.1) is 0 Å². The third kappa shape index (κ3) is 5.36. The van der Waals surface area contributed by atoms with Crippen LogP contribution in [0.5, 0.6) is 23.0 Å². The molecule has 0 bridgehead atoms. The molecule has 2 aromatic rings. The zero-order valence-electron chi connectivity index (χ0n) is 20.6. The molecule has 2 amide bonds. The Balaban J connectivity index is 1.20. The van der Waals surface area contributed by atoms with Crippen LogP contribution >= 0.6 is 0 Å². The zero-order chi connectivity index (χ0) is 25.0. The van der Waals surface area contributed by atoms with Crippen molar-refractivity contribution in [2.24, 2.45) is 0 Å². The molecule has 2 aromatic carbocycles. The summed E-state index contributed by atoms with van der Waals surface area (Å²) in [5.41, 5.74) is 1.24. The number of amides is 2. The summed E-state index contributed by atoms with van der Waals surface area (Å²) >= 11 is 0. The normalized spacial score (nSPS) is 17.5. The molecule has 2 N–H and O–H groups in total. The smallest absolute Gasteiger partial charge is 0.238 e. The van der Waals surface area contributed by atoms with Crippen LogP contribution in [0.25, 0.3) is 0 Å². The molecule has 0 saturated heterocycles. The molecule has 36 heavy (non-hydrogen) atoms. The van der Waals surface area contributed by atoms with Gasteiger partial charge in [0.05, 0.1) is 18.6 Å². The van der Waals surface area contributed by atoms with Crippen LogP contribution in [-0.2, 0) is 15.1 Å². The van der Waals surface area contributed by atoms with E-state index in [0.717, 1.165) is 42.7 Å². The topological polar surface area (TPSA) is 98.4 Å². The Kier molecular flexibility index (Phi) is 7.18. The third-order valence-corrected chi connectivity index (χ3v) is 6.94. The first kappa shape index (κ1) is 24.2. The molecule has 2 aliphatic heterocycles. The maximum absolute atomic E-state index is 13.2. The van der Waals surface area contributed by atoms with Gasteiger partial charge in [-0.25, -0.2) is 0 Å². The first-order valence-electron chi connectivity index (χ1n) is 12.7. The molecule has 5 rings (SSSR count). The van der Waals surface area contributed by atoms with Gasteiger partial charge in [0.2, 0.25) is 11.8 Å². The summed E-state index contributed by atoms with van der Waals surface area (Å²) in [7, 11) is 0. The number of fused-ring (bicyclic) bond motifs is 2. The predicted octanol–water partition coefficient (Wildman–Crippen LogP) is 3.08. The van der Waals surface area contributed by atoms with Gasteiger partial charge in [-0.1, -0.05) is 25.8 Å². The van der Waals surface area contributed by atoms with Crippen LogP contribution in [0.15, 0.2) is 36.4 Å². The highest BCUT2D eigenvalue weighted by Crippen LogP contribution is 2.42. The van der Waals surface area contributed by atoms with Crippen molar-refractivity contribution in [3.05, 3.63) is 42.0 Å². The minimum absolute atomic E-state index is 0.0965. The van der Waals surface area contributed by atoms with Crippen LogP contribution in [0, 0.1) is 0 Å². The summed E-state index contributed by atoms with van der Waals surface area (Å²) in [6.45, 7) is 4.82. The van der Waals surface area contributed by atoms with Crippen LogP contribution < -0.4 is 29.6 Å². The number of carbonyl (C=O) groups is 2. The number of anilines is 1. The SMILES string of the molecule is CCN(CC(=O)Nc1ccc2c(c1)OCCO2)CC(=O)NC1(c2ccc3c(c2)OCCO3)CCCC1. The molecule has 0 atom stereocenters. The molecule has 0 aromatic heterocycles. The number of nitrogens with one attached hydrogen (secondary N) is 2. The average Bonchev–Trinajstić information content (AvgIpc) is 3.37. The fourth-order valence-electron chi connectivity index (χ4n) is 5.12. The Bertz CT molecular complexity index is 1110. The van der Waals surface area contributed by atoms with E-state index in [1.54, 1.807) is 18.2 Å². The van der Waals surface area contributed by atoms with E-state index in [1.807, 2.05) is 30.0 Å². The van der Waals surface area contributed by atoms with Crippen LogP contribution in [0.4, 0.5) is 5.69 Å². The van der Waals surface area contributed by atoms with Gasteiger partial charge in [0.1, 0.15) is 26.4 Å². The van der Waals surface area contributed by atoms with E-state index in [1.165, 1.54) is 0 Å². The standard InChI is InChI=1S/C27H33N3O6/c1-2-30(17-25(31)28-20-6-8-22-24(16-20)36-14-12-34-22)18-26(32)29-27(9-3-4-10-27)19-5-7-21-23(15-19)35-13-11-33-21/h5-8,15-16H,2-4,9-14,17-18H2,1H3,(H,28,31)(H,29,32). The second-order valence-corrected chi connectivity index (χ2v) is 9.41. The lowest BCUT2D eigenvalue weighted by atomic mass is 9.87. The van der Waals surface area contributed by atoms with Crippen LogP contribution in [0.1, 0.15) is 38.2 Å². The van der Waals surface area contributed by atoms with Crippen molar-refractivity contribution in [2.45, 2.75) is 38.1 Å². The number of ether oxygens (including phenoxy) is 4. The van der Waals surface area contributed by atoms with Crippen molar-refractivity contribution in [3.63, 3.8) is 0 Å². The second kappa shape index (κ2) is 10.7. The Morgan fingerprint density at radius 3 is 2.06 bits per heavy atom. The van der Waals surface area contributed by atoms with Crippen molar-refractivity contribution in [3.8, 4) is 23.0 Å². The third-order valence-electron chi connectivity index (χ3n) is 6.94. The molecule has 1 aliphatic carbocycles. The van der Waals surface area contributed by atoms with Crippen LogP contribution in [0.2, 0.25) is 0 Å². The highest BCUT2D eigenvalue weighted by molar-refractivity contribution is 5.93. The summed E-state index contributed by atoms with van der Waals surface area (Å²) in [6.07, 6.45) is 3.83. The molecular weight excluding hydrogens is 462 g/mol. The van der Waals surface area contributed by atoms with E-state index in [0.29, 0.717) is 50.2 Å². The molecule has 9 nitrogen and oxygen atoms in total. The lowest BCUT2D eigenvalue weighted by Crippen LogP contribution is -2.49. The van der Waals surface area contributed by atoms with Crippen LogP contribution in [-0.4, -0.2) is 62.8 Å². The number of nitrogens with zero attached hydrogens (tertiary/aromatic N) is 1. The van der Waals surface area contributed by atoms with E-state index >= 15 is 0 Å². The van der Waals surface area contributed by atoms with Crippen molar-refractivity contribution < 1.29 is 28.5 Å². The van der Waals surface area contributed by atoms with Crippen molar-refractivity contribution in [2.75, 3.05) is 51.4 Å². The monoisotopic (exact) mass is 495 g/mol. The molecule has 1 fully saturated rings. The summed E-state index contributed by atoms with van der Waals surface area (Å²) in [5.74, 6) is 2.47. The molecule has 3 aliphatic rings. The number of benzene rings is 2. The summed E-state index contributed by atoms with van der Waals surface area (Å²) in [6, 6.07) is 11.3. The summed E-state index contributed by atoms with van der Waals surface area (Å²) in [4.78, 5) is 27.7. The van der Waals surface area contributed by atoms with Gasteiger partial charge in [0.15, 0.2) is 23.0 Å². The minimum atomic E-state index is -0.431. The number of rotatable bonds is 8. The van der Waals surface area contributed by atoms with Crippen molar-refractivity contribution in [1.82, 2.24) is 10.2 Å². The fraction of sp³-hybridized carbons (Fsp3) is 0.481. The molecule has 192 valence electrons. The Labute approximate surface area is 211 Å². The van der Waals surface area contributed by atoms with E-state index in [-0.39, 0.29) is 24.9 Å².